The van der Waals surface area contributed by atoms with Gasteiger partial charge in [-0.25, -0.2) is 0 Å². The molecule has 2 N–H and O–H groups in total. The van der Waals surface area contributed by atoms with Gasteiger partial charge in [-0.1, -0.05) is 0 Å². The second-order valence-electron chi connectivity index (χ2n) is 2.85. The Morgan fingerprint density at radius 1 is 1.36 bits per heavy atom. The van der Waals surface area contributed by atoms with E-state index < -0.39 is 0 Å². The van der Waals surface area contributed by atoms with Crippen LogP contribution in [0.1, 0.15) is 38.7 Å². The van der Waals surface area contributed by atoms with Gasteiger partial charge in [-0.05, 0) is 26.0 Å². The molecule has 5 heteroatoms. The van der Waals surface area contributed by atoms with Gasteiger partial charge in [0, 0.05) is 0 Å². The van der Waals surface area contributed by atoms with E-state index in [1.54, 1.807) is 4.80 Å². The number of nitrogens with two attached hydrogens (primary N) is 1. The summed E-state index contributed by atoms with van der Waals surface area (Å²) in [6.45, 7) is 5.82. The van der Waals surface area contributed by atoms with E-state index in [0.717, 1.165) is 0 Å². The lowest BCUT2D eigenvalue weighted by Crippen LogP contribution is -2.09. The third-order valence-electron chi connectivity index (χ3n) is 1.31. The molecule has 1 aromatic rings. The maximum atomic E-state index is 5.55. The molecule has 0 fully saturated rings. The van der Waals surface area contributed by atoms with Gasteiger partial charge in [-0.15, -0.1) is 10.2 Å². The predicted octanol–water partition coefficient (Wildman–Crippen LogP) is 0.274. The maximum absolute atomic E-state index is 5.55. The van der Waals surface area contributed by atoms with Crippen LogP contribution >= 0.6 is 0 Å². The van der Waals surface area contributed by atoms with Crippen molar-refractivity contribution in [3.63, 3.8) is 0 Å². The quantitative estimate of drug-likeness (QED) is 0.665. The van der Waals surface area contributed by atoms with Gasteiger partial charge in [-0.3, -0.25) is 0 Å². The average molecular weight is 155 g/mol. The number of hydrogen-bond donors (Lipinski definition) is 1. The maximum Gasteiger partial charge on any atom is 0.191 e. The predicted molar refractivity (Wildman–Crippen MR) is 40.8 cm³/mol. The van der Waals surface area contributed by atoms with E-state index in [-0.39, 0.29) is 12.1 Å². The Hall–Kier alpha value is -0.970. The molecule has 11 heavy (non-hydrogen) atoms. The summed E-state index contributed by atoms with van der Waals surface area (Å²) in [5.74, 6) is 0.596. The molecule has 0 aliphatic heterocycles. The van der Waals surface area contributed by atoms with Crippen molar-refractivity contribution in [2.24, 2.45) is 5.73 Å². The van der Waals surface area contributed by atoms with Crippen molar-refractivity contribution >= 4 is 0 Å². The van der Waals surface area contributed by atoms with Gasteiger partial charge in [0.25, 0.3) is 0 Å². The van der Waals surface area contributed by atoms with Crippen LogP contribution in [0.15, 0.2) is 0 Å². The highest BCUT2D eigenvalue weighted by molar-refractivity contribution is 4.83. The monoisotopic (exact) mass is 155 g/mol. The minimum absolute atomic E-state index is 0.137. The van der Waals surface area contributed by atoms with E-state index in [2.05, 4.69) is 15.4 Å². The summed E-state index contributed by atoms with van der Waals surface area (Å²) in [4.78, 5) is 1.55. The van der Waals surface area contributed by atoms with Crippen LogP contribution in [-0.4, -0.2) is 20.2 Å². The van der Waals surface area contributed by atoms with E-state index in [9.17, 15) is 0 Å². The summed E-state index contributed by atoms with van der Waals surface area (Å²) < 4.78 is 0. The third-order valence-corrected chi connectivity index (χ3v) is 1.31. The van der Waals surface area contributed by atoms with Crippen LogP contribution < -0.4 is 5.73 Å². The molecule has 0 bridgehead atoms. The van der Waals surface area contributed by atoms with E-state index in [0.29, 0.717) is 5.82 Å². The van der Waals surface area contributed by atoms with Crippen LogP contribution in [-0.2, 0) is 0 Å². The SMILES string of the molecule is CC(N)c1nnn(C(C)C)n1. The average Bonchev–Trinajstić information content (AvgIpc) is 2.33. The van der Waals surface area contributed by atoms with Gasteiger partial charge >= 0.3 is 0 Å². The zero-order chi connectivity index (χ0) is 8.43. The fraction of sp³-hybridized carbons (Fsp3) is 0.833. The summed E-state index contributed by atoms with van der Waals surface area (Å²) in [6.07, 6.45) is 0. The first kappa shape index (κ1) is 8.13. The van der Waals surface area contributed by atoms with Crippen molar-refractivity contribution in [3.05, 3.63) is 5.82 Å². The van der Waals surface area contributed by atoms with Gasteiger partial charge < -0.3 is 5.73 Å². The van der Waals surface area contributed by atoms with Crippen LogP contribution in [0.25, 0.3) is 0 Å². The van der Waals surface area contributed by atoms with Crippen LogP contribution in [0.2, 0.25) is 0 Å². The molecule has 1 atom stereocenters. The first-order valence-corrected chi connectivity index (χ1v) is 3.66. The largest absolute Gasteiger partial charge is 0.321 e. The minimum atomic E-state index is -0.137. The Bertz CT molecular complexity index is 204. The van der Waals surface area contributed by atoms with E-state index in [1.165, 1.54) is 0 Å². The molecule has 0 aliphatic rings. The summed E-state index contributed by atoms with van der Waals surface area (Å²) in [5.41, 5.74) is 5.55. The van der Waals surface area contributed by atoms with Crippen molar-refractivity contribution in [2.45, 2.75) is 32.9 Å². The number of aromatic nitrogens is 4. The van der Waals surface area contributed by atoms with Crippen molar-refractivity contribution in [1.82, 2.24) is 20.2 Å². The van der Waals surface area contributed by atoms with Crippen molar-refractivity contribution in [2.75, 3.05) is 0 Å². The van der Waals surface area contributed by atoms with Crippen LogP contribution in [0.5, 0.6) is 0 Å². The standard InChI is InChI=1S/C6H13N5/c1-4(2)11-9-6(5(3)7)8-10-11/h4-5H,7H2,1-3H3. The second kappa shape index (κ2) is 2.96. The molecule has 5 nitrogen and oxygen atoms in total. The van der Waals surface area contributed by atoms with Crippen molar-refractivity contribution in [3.8, 4) is 0 Å². The highest BCUT2D eigenvalue weighted by atomic mass is 15.6. The van der Waals surface area contributed by atoms with Crippen molar-refractivity contribution < 1.29 is 0 Å². The molecule has 62 valence electrons. The lowest BCUT2D eigenvalue weighted by Gasteiger charge is -1.99. The summed E-state index contributed by atoms with van der Waals surface area (Å²) in [6, 6.07) is 0.109. The third kappa shape index (κ3) is 1.74. The van der Waals surface area contributed by atoms with Gasteiger partial charge in [0.2, 0.25) is 0 Å². The molecule has 0 radical (unpaired) electrons. The highest BCUT2D eigenvalue weighted by Gasteiger charge is 2.08. The molecule has 0 aromatic carbocycles. The van der Waals surface area contributed by atoms with Gasteiger partial charge in [0.15, 0.2) is 5.82 Å². The molecular weight excluding hydrogens is 142 g/mol. The summed E-state index contributed by atoms with van der Waals surface area (Å²) in [7, 11) is 0. The number of tetrazole rings is 1. The number of hydrogen-bond acceptors (Lipinski definition) is 4. The minimum Gasteiger partial charge on any atom is -0.321 e. The Balaban J connectivity index is 2.82. The topological polar surface area (TPSA) is 69.6 Å². The lowest BCUT2D eigenvalue weighted by atomic mass is 10.3. The Kier molecular flexibility index (Phi) is 2.19. The number of rotatable bonds is 2. The Morgan fingerprint density at radius 3 is 2.27 bits per heavy atom. The van der Waals surface area contributed by atoms with E-state index >= 15 is 0 Å². The molecule has 0 saturated heterocycles. The lowest BCUT2D eigenvalue weighted by molar-refractivity contribution is 0.452. The molecule has 0 amide bonds. The zero-order valence-electron chi connectivity index (χ0n) is 7.02. The Labute approximate surface area is 65.6 Å². The van der Waals surface area contributed by atoms with Gasteiger partial charge in [0.1, 0.15) is 0 Å². The molecule has 0 spiro atoms. The van der Waals surface area contributed by atoms with Crippen LogP contribution in [0.3, 0.4) is 0 Å². The van der Waals surface area contributed by atoms with Gasteiger partial charge in [-0.2, -0.15) is 4.80 Å². The van der Waals surface area contributed by atoms with E-state index in [1.807, 2.05) is 20.8 Å². The first-order chi connectivity index (χ1) is 5.11. The van der Waals surface area contributed by atoms with Crippen LogP contribution in [0.4, 0.5) is 0 Å². The molecule has 0 saturated carbocycles. The second-order valence-corrected chi connectivity index (χ2v) is 2.85. The van der Waals surface area contributed by atoms with Crippen molar-refractivity contribution in [1.29, 1.82) is 0 Å². The van der Waals surface area contributed by atoms with Crippen LogP contribution in [0, 0.1) is 0 Å². The van der Waals surface area contributed by atoms with E-state index in [4.69, 9.17) is 5.73 Å². The Morgan fingerprint density at radius 2 is 2.00 bits per heavy atom. The fourth-order valence-corrected chi connectivity index (χ4v) is 0.637. The normalized spacial score (nSPS) is 13.9. The number of nitrogens with zero attached hydrogens (tertiary/aromatic N) is 4. The molecule has 0 aliphatic carbocycles. The molecule has 1 aromatic heterocycles. The zero-order valence-corrected chi connectivity index (χ0v) is 7.02. The highest BCUT2D eigenvalue weighted by Crippen LogP contribution is 2.02. The first-order valence-electron chi connectivity index (χ1n) is 3.66. The summed E-state index contributed by atoms with van der Waals surface area (Å²) >= 11 is 0. The smallest absolute Gasteiger partial charge is 0.191 e. The van der Waals surface area contributed by atoms with Gasteiger partial charge in [0.05, 0.1) is 12.1 Å². The molecule has 1 rings (SSSR count). The fourth-order valence-electron chi connectivity index (χ4n) is 0.637. The summed E-state index contributed by atoms with van der Waals surface area (Å²) in [5, 5.41) is 11.7. The molecule has 1 unspecified atom stereocenters. The molecular formula is C6H13N5. The molecule has 1 heterocycles.